The Labute approximate surface area is 121 Å². The van der Waals surface area contributed by atoms with Crippen molar-refractivity contribution in [1.82, 2.24) is 19.7 Å². The largest absolute Gasteiger partial charge is 0.368 e. The maximum absolute atomic E-state index is 12.2. The summed E-state index contributed by atoms with van der Waals surface area (Å²) in [6, 6.07) is 0. The van der Waals surface area contributed by atoms with E-state index in [0.29, 0.717) is 17.2 Å². The maximum Gasteiger partial charge on any atom is 0.258 e. The molecule has 2 aromatic rings. The number of carbonyl (C=O) groups is 1. The van der Waals surface area contributed by atoms with Gasteiger partial charge in [0.25, 0.3) is 5.91 Å². The zero-order valence-electron chi connectivity index (χ0n) is 11.5. The van der Waals surface area contributed by atoms with Gasteiger partial charge in [0.15, 0.2) is 0 Å². The first-order valence-corrected chi connectivity index (χ1v) is 7.24. The van der Waals surface area contributed by atoms with Crippen LogP contribution in [-0.4, -0.2) is 32.2 Å². The lowest BCUT2D eigenvalue weighted by molar-refractivity contribution is 0.102. The van der Waals surface area contributed by atoms with E-state index in [1.54, 1.807) is 18.6 Å². The quantitative estimate of drug-likeness (QED) is 0.894. The van der Waals surface area contributed by atoms with Crippen LogP contribution in [0.15, 0.2) is 18.6 Å². The van der Waals surface area contributed by atoms with E-state index < -0.39 is 0 Å². The van der Waals surface area contributed by atoms with E-state index >= 15 is 0 Å². The first-order chi connectivity index (χ1) is 10.3. The van der Waals surface area contributed by atoms with Crippen molar-refractivity contribution in [3.63, 3.8) is 0 Å². The molecule has 0 atom stereocenters. The fourth-order valence-electron chi connectivity index (χ4n) is 2.47. The number of carbonyl (C=O) groups excluding carboxylic acids is 1. The van der Waals surface area contributed by atoms with Crippen LogP contribution >= 0.6 is 0 Å². The molecule has 108 valence electrons. The van der Waals surface area contributed by atoms with Gasteiger partial charge in [-0.15, -0.1) is 0 Å². The van der Waals surface area contributed by atoms with Crippen molar-refractivity contribution in [2.24, 2.45) is 0 Å². The van der Waals surface area contributed by atoms with Gasteiger partial charge in [0, 0.05) is 31.4 Å². The first kappa shape index (κ1) is 12.3. The van der Waals surface area contributed by atoms with Crippen LogP contribution in [0.25, 0.3) is 0 Å². The second-order valence-corrected chi connectivity index (χ2v) is 5.47. The Kier molecular flexibility index (Phi) is 2.83. The SMILES string of the molecule is O=C(Nc1cnn2c1NCCC2)c1cnc(C2CC2)nc1. The van der Waals surface area contributed by atoms with Crippen LogP contribution in [0.1, 0.15) is 41.4 Å². The van der Waals surface area contributed by atoms with Crippen LogP contribution < -0.4 is 10.6 Å². The van der Waals surface area contributed by atoms with Gasteiger partial charge < -0.3 is 10.6 Å². The molecule has 1 amide bonds. The van der Waals surface area contributed by atoms with Crippen LogP contribution in [0.2, 0.25) is 0 Å². The Hall–Kier alpha value is -2.44. The molecular formula is C14H16N6O. The van der Waals surface area contributed by atoms with E-state index in [1.807, 2.05) is 4.68 Å². The number of rotatable bonds is 3. The van der Waals surface area contributed by atoms with E-state index in [9.17, 15) is 4.79 Å². The summed E-state index contributed by atoms with van der Waals surface area (Å²) in [6.07, 6.45) is 8.21. The normalized spacial score (nSPS) is 17.0. The zero-order chi connectivity index (χ0) is 14.2. The highest BCUT2D eigenvalue weighted by molar-refractivity contribution is 6.05. The predicted molar refractivity (Wildman–Crippen MR) is 77.3 cm³/mol. The summed E-state index contributed by atoms with van der Waals surface area (Å²) in [4.78, 5) is 20.8. The van der Waals surface area contributed by atoms with E-state index in [4.69, 9.17) is 0 Å². The molecule has 21 heavy (non-hydrogen) atoms. The average molecular weight is 284 g/mol. The number of amides is 1. The minimum atomic E-state index is -0.208. The van der Waals surface area contributed by atoms with Gasteiger partial charge in [-0.25, -0.2) is 14.6 Å². The average Bonchev–Trinajstić information content (AvgIpc) is 3.30. The van der Waals surface area contributed by atoms with Crippen molar-refractivity contribution in [2.75, 3.05) is 17.2 Å². The van der Waals surface area contributed by atoms with Crippen LogP contribution in [0.4, 0.5) is 11.5 Å². The molecule has 2 N–H and O–H groups in total. The molecule has 0 spiro atoms. The Balaban J connectivity index is 1.51. The van der Waals surface area contributed by atoms with Crippen molar-refractivity contribution in [3.8, 4) is 0 Å². The summed E-state index contributed by atoms with van der Waals surface area (Å²) in [5, 5.41) is 10.4. The molecule has 7 nitrogen and oxygen atoms in total. The van der Waals surface area contributed by atoms with Crippen molar-refractivity contribution in [3.05, 3.63) is 30.0 Å². The first-order valence-electron chi connectivity index (χ1n) is 7.24. The van der Waals surface area contributed by atoms with Crippen LogP contribution in [0.3, 0.4) is 0 Å². The Bertz CT molecular complexity index is 673. The van der Waals surface area contributed by atoms with Crippen LogP contribution in [0.5, 0.6) is 0 Å². The van der Waals surface area contributed by atoms with E-state index in [1.165, 1.54) is 0 Å². The fraction of sp³-hybridized carbons (Fsp3) is 0.429. The van der Waals surface area contributed by atoms with Gasteiger partial charge in [-0.3, -0.25) is 4.79 Å². The molecule has 2 aliphatic rings. The lowest BCUT2D eigenvalue weighted by Crippen LogP contribution is -2.20. The fourth-order valence-corrected chi connectivity index (χ4v) is 2.47. The molecule has 0 unspecified atom stereocenters. The third-order valence-corrected chi connectivity index (χ3v) is 3.80. The van der Waals surface area contributed by atoms with Gasteiger partial charge in [0.1, 0.15) is 17.3 Å². The Morgan fingerprint density at radius 2 is 2.10 bits per heavy atom. The highest BCUT2D eigenvalue weighted by Crippen LogP contribution is 2.37. The van der Waals surface area contributed by atoms with Crippen molar-refractivity contribution >= 4 is 17.4 Å². The summed E-state index contributed by atoms with van der Waals surface area (Å²) < 4.78 is 1.87. The standard InChI is InChI=1S/C14H16N6O/c21-14(10-6-16-12(17-7-10)9-2-3-9)19-11-8-18-20-5-1-4-15-13(11)20/h6-9,15H,1-5H2,(H,19,21). The molecule has 3 heterocycles. The molecule has 2 aromatic heterocycles. The van der Waals surface area contributed by atoms with Crippen molar-refractivity contribution in [1.29, 1.82) is 0 Å². The second-order valence-electron chi connectivity index (χ2n) is 5.47. The van der Waals surface area contributed by atoms with E-state index in [2.05, 4.69) is 25.7 Å². The van der Waals surface area contributed by atoms with Crippen LogP contribution in [0, 0.1) is 0 Å². The van der Waals surface area contributed by atoms with Crippen molar-refractivity contribution < 1.29 is 4.79 Å². The molecule has 0 saturated heterocycles. The topological polar surface area (TPSA) is 84.7 Å². The number of nitrogens with zero attached hydrogens (tertiary/aromatic N) is 4. The number of hydrogen-bond acceptors (Lipinski definition) is 5. The lowest BCUT2D eigenvalue weighted by atomic mass is 10.3. The van der Waals surface area contributed by atoms with Crippen LogP contribution in [-0.2, 0) is 6.54 Å². The molecular weight excluding hydrogens is 268 g/mol. The third-order valence-electron chi connectivity index (χ3n) is 3.80. The minimum absolute atomic E-state index is 0.208. The minimum Gasteiger partial charge on any atom is -0.368 e. The maximum atomic E-state index is 12.2. The van der Waals surface area contributed by atoms with Crippen molar-refractivity contribution in [2.45, 2.75) is 31.7 Å². The highest BCUT2D eigenvalue weighted by atomic mass is 16.1. The number of anilines is 2. The molecule has 7 heteroatoms. The second kappa shape index (κ2) is 4.83. The predicted octanol–water partition coefficient (Wildman–Crippen LogP) is 1.62. The molecule has 1 aliphatic heterocycles. The van der Waals surface area contributed by atoms with Gasteiger partial charge in [-0.1, -0.05) is 0 Å². The number of aromatic nitrogens is 4. The molecule has 0 radical (unpaired) electrons. The highest BCUT2D eigenvalue weighted by Gasteiger charge is 2.26. The van der Waals surface area contributed by atoms with E-state index in [0.717, 1.165) is 44.0 Å². The summed E-state index contributed by atoms with van der Waals surface area (Å²) in [7, 11) is 0. The number of nitrogens with one attached hydrogen (secondary N) is 2. The van der Waals surface area contributed by atoms with E-state index in [-0.39, 0.29) is 5.91 Å². The van der Waals surface area contributed by atoms with Gasteiger partial charge in [0.2, 0.25) is 0 Å². The van der Waals surface area contributed by atoms with Gasteiger partial charge in [0.05, 0.1) is 11.8 Å². The van der Waals surface area contributed by atoms with Gasteiger partial charge in [-0.2, -0.15) is 5.10 Å². The lowest BCUT2D eigenvalue weighted by Gasteiger charge is -2.17. The zero-order valence-corrected chi connectivity index (χ0v) is 11.5. The Morgan fingerprint density at radius 3 is 2.86 bits per heavy atom. The molecule has 1 saturated carbocycles. The summed E-state index contributed by atoms with van der Waals surface area (Å²) in [5.41, 5.74) is 1.17. The number of fused-ring (bicyclic) bond motifs is 1. The van der Waals surface area contributed by atoms with Gasteiger partial charge >= 0.3 is 0 Å². The molecule has 1 fully saturated rings. The molecule has 4 rings (SSSR count). The smallest absolute Gasteiger partial charge is 0.258 e. The monoisotopic (exact) mass is 284 g/mol. The molecule has 0 bridgehead atoms. The number of hydrogen-bond donors (Lipinski definition) is 2. The summed E-state index contributed by atoms with van der Waals surface area (Å²) >= 11 is 0. The number of aryl methyl sites for hydroxylation is 1. The summed E-state index contributed by atoms with van der Waals surface area (Å²) in [5.74, 6) is 2.00. The Morgan fingerprint density at radius 1 is 1.29 bits per heavy atom. The molecule has 1 aliphatic carbocycles. The van der Waals surface area contributed by atoms with Gasteiger partial charge in [-0.05, 0) is 19.3 Å². The summed E-state index contributed by atoms with van der Waals surface area (Å²) in [6.45, 7) is 1.77. The third kappa shape index (κ3) is 2.35. The molecule has 0 aromatic carbocycles.